The molecule has 3 atom stereocenters. The monoisotopic (exact) mass is 418 g/mol. The van der Waals surface area contributed by atoms with Gasteiger partial charge < -0.3 is 15.8 Å². The molecule has 0 aliphatic heterocycles. The van der Waals surface area contributed by atoms with Gasteiger partial charge in [0.2, 0.25) is 5.91 Å². The maximum Gasteiger partial charge on any atom is 0.307 e. The molecule has 1 aliphatic carbocycles. The van der Waals surface area contributed by atoms with E-state index < -0.39 is 6.04 Å². The molecule has 3 N–H and O–H groups in total. The molecule has 1 aromatic carbocycles. The van der Waals surface area contributed by atoms with Crippen LogP contribution in [-0.2, 0) is 14.3 Å². The number of amides is 1. The van der Waals surface area contributed by atoms with Crippen molar-refractivity contribution >= 4 is 40.2 Å². The Morgan fingerprint density at radius 3 is 2.75 bits per heavy atom. The number of nitrogens with two attached hydrogens (primary N) is 1. The number of ether oxygens (including phenoxy) is 1. The van der Waals surface area contributed by atoms with Gasteiger partial charge in [0, 0.05) is 16.9 Å². The molecule has 24 heavy (non-hydrogen) atoms. The van der Waals surface area contributed by atoms with Crippen LogP contribution >= 0.6 is 28.3 Å². The van der Waals surface area contributed by atoms with Gasteiger partial charge in [0.05, 0.1) is 19.6 Å². The lowest BCUT2D eigenvalue weighted by Crippen LogP contribution is -2.34. The lowest BCUT2D eigenvalue weighted by molar-refractivity contribution is -0.141. The van der Waals surface area contributed by atoms with Crippen molar-refractivity contribution in [2.24, 2.45) is 11.7 Å². The summed E-state index contributed by atoms with van der Waals surface area (Å²) in [6.07, 6.45) is 3.57. The normalized spacial score (nSPS) is 20.8. The summed E-state index contributed by atoms with van der Waals surface area (Å²) in [5.74, 6) is -0.189. The van der Waals surface area contributed by atoms with Crippen molar-refractivity contribution in [3.05, 3.63) is 34.3 Å². The summed E-state index contributed by atoms with van der Waals surface area (Å²) in [6, 6.07) is 7.27. The van der Waals surface area contributed by atoms with E-state index in [0.29, 0.717) is 6.42 Å². The number of hydrogen-bond donors (Lipinski definition) is 2. The zero-order valence-corrected chi connectivity index (χ0v) is 16.1. The molecule has 1 amide bonds. The molecule has 0 aromatic heterocycles. The number of hydrogen-bond acceptors (Lipinski definition) is 4. The van der Waals surface area contributed by atoms with Crippen LogP contribution in [0.15, 0.2) is 28.7 Å². The van der Waals surface area contributed by atoms with E-state index in [-0.39, 0.29) is 42.7 Å². The minimum absolute atomic E-state index is 0. The number of carbonyl (C=O) groups is 2. The van der Waals surface area contributed by atoms with Crippen molar-refractivity contribution < 1.29 is 14.3 Å². The Bertz CT molecular complexity index is 571. The Morgan fingerprint density at radius 2 is 2.17 bits per heavy atom. The van der Waals surface area contributed by atoms with Gasteiger partial charge in [0.25, 0.3) is 0 Å². The van der Waals surface area contributed by atoms with E-state index in [1.165, 1.54) is 7.11 Å². The molecule has 1 aliphatic rings. The molecule has 1 unspecified atom stereocenters. The summed E-state index contributed by atoms with van der Waals surface area (Å²) in [6.45, 7) is 0. The average molecular weight is 420 g/mol. The van der Waals surface area contributed by atoms with Gasteiger partial charge in [0.15, 0.2) is 0 Å². The number of halogens is 2. The van der Waals surface area contributed by atoms with Crippen LogP contribution in [-0.4, -0.2) is 25.0 Å². The number of esters is 1. The molecule has 0 saturated heterocycles. The van der Waals surface area contributed by atoms with Crippen molar-refractivity contribution in [1.29, 1.82) is 0 Å². The number of carbonyl (C=O) groups excluding carboxylic acids is 2. The summed E-state index contributed by atoms with van der Waals surface area (Å²) >= 11 is 3.41. The minimum Gasteiger partial charge on any atom is -0.469 e. The molecule has 2 rings (SSSR count). The van der Waals surface area contributed by atoms with Crippen LogP contribution in [0.3, 0.4) is 0 Å². The zero-order chi connectivity index (χ0) is 16.8. The van der Waals surface area contributed by atoms with Gasteiger partial charge >= 0.3 is 5.97 Å². The van der Waals surface area contributed by atoms with E-state index in [2.05, 4.69) is 21.2 Å². The first-order chi connectivity index (χ1) is 11.0. The molecule has 5 nitrogen and oxygen atoms in total. The second-order valence-corrected chi connectivity index (χ2v) is 6.93. The van der Waals surface area contributed by atoms with Gasteiger partial charge in [-0.1, -0.05) is 34.5 Å². The van der Waals surface area contributed by atoms with E-state index in [1.54, 1.807) is 0 Å². The fourth-order valence-corrected chi connectivity index (χ4v) is 3.45. The minimum atomic E-state index is -0.398. The first-order valence-corrected chi connectivity index (χ1v) is 8.66. The first kappa shape index (κ1) is 20.9. The standard InChI is InChI=1S/C17H23BrN2O3.ClH/c1-23-17(22)10-15(12-5-2-6-13(18)8-12)20-16(21)9-11-4-3-7-14(11)19;/h2,5-6,8,11,14-15H,3-4,7,9-10,19H2,1H3,(H,20,21);1H/t11-,14+,15?;/m0./s1. The second-order valence-electron chi connectivity index (χ2n) is 6.01. The van der Waals surface area contributed by atoms with Crippen LogP contribution in [0.4, 0.5) is 0 Å². The van der Waals surface area contributed by atoms with E-state index >= 15 is 0 Å². The van der Waals surface area contributed by atoms with Gasteiger partial charge in [-0.3, -0.25) is 9.59 Å². The van der Waals surface area contributed by atoms with Gasteiger partial charge in [-0.05, 0) is 36.5 Å². The van der Waals surface area contributed by atoms with Crippen LogP contribution in [0.1, 0.15) is 43.7 Å². The Kier molecular flexibility index (Phi) is 8.73. The molecule has 1 saturated carbocycles. The Balaban J connectivity index is 0.00000288. The molecule has 1 aromatic rings. The number of rotatable bonds is 6. The van der Waals surface area contributed by atoms with E-state index in [9.17, 15) is 9.59 Å². The summed E-state index contributed by atoms with van der Waals surface area (Å²) in [5.41, 5.74) is 6.90. The van der Waals surface area contributed by atoms with Crippen molar-refractivity contribution in [3.63, 3.8) is 0 Å². The molecular formula is C17H24BrClN2O3. The van der Waals surface area contributed by atoms with Crippen molar-refractivity contribution in [2.45, 2.75) is 44.2 Å². The van der Waals surface area contributed by atoms with Crippen LogP contribution < -0.4 is 11.1 Å². The molecular weight excluding hydrogens is 396 g/mol. The summed E-state index contributed by atoms with van der Waals surface area (Å²) in [4.78, 5) is 24.0. The van der Waals surface area contributed by atoms with Gasteiger partial charge in [0.1, 0.15) is 0 Å². The maximum absolute atomic E-state index is 12.4. The molecule has 7 heteroatoms. The Morgan fingerprint density at radius 1 is 1.42 bits per heavy atom. The molecule has 0 bridgehead atoms. The van der Waals surface area contributed by atoms with Crippen molar-refractivity contribution in [3.8, 4) is 0 Å². The summed E-state index contributed by atoms with van der Waals surface area (Å²) in [7, 11) is 1.35. The van der Waals surface area contributed by atoms with E-state index in [4.69, 9.17) is 10.5 Å². The maximum atomic E-state index is 12.4. The summed E-state index contributed by atoms with van der Waals surface area (Å²) in [5, 5.41) is 2.96. The third kappa shape index (κ3) is 6.07. The molecule has 134 valence electrons. The third-order valence-corrected chi connectivity index (χ3v) is 4.84. The molecule has 1 fully saturated rings. The highest BCUT2D eigenvalue weighted by atomic mass is 79.9. The van der Waals surface area contributed by atoms with Gasteiger partial charge in [-0.25, -0.2) is 0 Å². The van der Waals surface area contributed by atoms with Crippen LogP contribution in [0, 0.1) is 5.92 Å². The number of benzene rings is 1. The van der Waals surface area contributed by atoms with E-state index in [0.717, 1.165) is 29.3 Å². The third-order valence-electron chi connectivity index (χ3n) is 4.35. The van der Waals surface area contributed by atoms with Crippen LogP contribution in [0.2, 0.25) is 0 Å². The molecule has 0 spiro atoms. The second kappa shape index (κ2) is 10.0. The summed E-state index contributed by atoms with van der Waals surface area (Å²) < 4.78 is 5.64. The topological polar surface area (TPSA) is 81.4 Å². The van der Waals surface area contributed by atoms with Crippen molar-refractivity contribution in [2.75, 3.05) is 7.11 Å². The quantitative estimate of drug-likeness (QED) is 0.694. The van der Waals surface area contributed by atoms with E-state index in [1.807, 2.05) is 24.3 Å². The lowest BCUT2D eigenvalue weighted by Gasteiger charge is -2.21. The first-order valence-electron chi connectivity index (χ1n) is 7.87. The van der Waals surface area contributed by atoms with Crippen LogP contribution in [0.25, 0.3) is 0 Å². The highest BCUT2D eigenvalue weighted by Crippen LogP contribution is 2.27. The average Bonchev–Trinajstić information content (AvgIpc) is 2.91. The predicted molar refractivity (Wildman–Crippen MR) is 98.8 cm³/mol. The molecule has 0 heterocycles. The van der Waals surface area contributed by atoms with Gasteiger partial charge in [-0.2, -0.15) is 0 Å². The van der Waals surface area contributed by atoms with Crippen LogP contribution in [0.5, 0.6) is 0 Å². The predicted octanol–water partition coefficient (Wildman–Crippen LogP) is 3.11. The largest absolute Gasteiger partial charge is 0.469 e. The fraction of sp³-hybridized carbons (Fsp3) is 0.529. The highest BCUT2D eigenvalue weighted by Gasteiger charge is 2.27. The highest BCUT2D eigenvalue weighted by molar-refractivity contribution is 9.10. The fourth-order valence-electron chi connectivity index (χ4n) is 3.04. The number of nitrogens with one attached hydrogen (secondary N) is 1. The Hall–Kier alpha value is -1.11. The van der Waals surface area contributed by atoms with Gasteiger partial charge in [-0.15, -0.1) is 12.4 Å². The molecule has 0 radical (unpaired) electrons. The Labute approximate surface area is 157 Å². The zero-order valence-electron chi connectivity index (χ0n) is 13.7. The lowest BCUT2D eigenvalue weighted by atomic mass is 9.98. The SMILES string of the molecule is COC(=O)CC(NC(=O)C[C@@H]1CCC[C@H]1N)c1cccc(Br)c1.Cl. The van der Waals surface area contributed by atoms with Crippen molar-refractivity contribution in [1.82, 2.24) is 5.32 Å². The smallest absolute Gasteiger partial charge is 0.307 e. The number of methoxy groups -OCH3 is 1.